The highest BCUT2D eigenvalue weighted by Gasteiger charge is 2.22. The van der Waals surface area contributed by atoms with Crippen LogP contribution in [0, 0.1) is 11.8 Å². The monoisotopic (exact) mass is 211 g/mol. The topological polar surface area (TPSA) is 35.2 Å². The maximum absolute atomic E-state index is 6.25. The maximum atomic E-state index is 6.25. The molecule has 88 valence electrons. The number of hydrogen-bond donors (Lipinski definition) is 1. The Bertz CT molecular complexity index is 171. The molecular formula is C13H25NO. The molecule has 2 aliphatic rings. The molecule has 1 aliphatic heterocycles. The van der Waals surface area contributed by atoms with Crippen LogP contribution in [-0.2, 0) is 4.74 Å². The smallest absolute Gasteiger partial charge is 0.0509 e. The molecule has 2 rings (SSSR count). The third-order valence-electron chi connectivity index (χ3n) is 4.18. The van der Waals surface area contributed by atoms with Crippen LogP contribution in [0.15, 0.2) is 0 Å². The maximum Gasteiger partial charge on any atom is 0.0509 e. The van der Waals surface area contributed by atoms with E-state index in [4.69, 9.17) is 10.5 Å². The predicted octanol–water partition coefficient (Wildman–Crippen LogP) is 2.71. The van der Waals surface area contributed by atoms with Crippen molar-refractivity contribution in [2.24, 2.45) is 17.6 Å². The molecule has 1 saturated carbocycles. The summed E-state index contributed by atoms with van der Waals surface area (Å²) in [5.41, 5.74) is 6.25. The summed E-state index contributed by atoms with van der Waals surface area (Å²) in [5.74, 6) is 1.63. The first-order valence-corrected chi connectivity index (χ1v) is 6.69. The van der Waals surface area contributed by atoms with E-state index >= 15 is 0 Å². The van der Waals surface area contributed by atoms with Crippen molar-refractivity contribution in [1.29, 1.82) is 0 Å². The van der Waals surface area contributed by atoms with Crippen molar-refractivity contribution < 1.29 is 4.74 Å². The molecule has 0 bridgehead atoms. The first-order valence-electron chi connectivity index (χ1n) is 6.69. The van der Waals surface area contributed by atoms with Crippen LogP contribution in [0.5, 0.6) is 0 Å². The third-order valence-corrected chi connectivity index (χ3v) is 4.18. The Morgan fingerprint density at radius 3 is 2.60 bits per heavy atom. The average molecular weight is 211 g/mol. The Morgan fingerprint density at radius 2 is 1.93 bits per heavy atom. The molecule has 2 atom stereocenters. The van der Waals surface area contributed by atoms with E-state index in [1.165, 1.54) is 51.4 Å². The lowest BCUT2D eigenvalue weighted by molar-refractivity contribution is 0.0430. The van der Waals surface area contributed by atoms with Gasteiger partial charge in [0.2, 0.25) is 0 Å². The van der Waals surface area contributed by atoms with Crippen LogP contribution in [0.25, 0.3) is 0 Å². The van der Waals surface area contributed by atoms with Gasteiger partial charge in [-0.2, -0.15) is 0 Å². The molecule has 0 radical (unpaired) electrons. The SMILES string of the molecule is NC(CCC1CCCC1)C1CCCOC1. The van der Waals surface area contributed by atoms with Gasteiger partial charge in [-0.3, -0.25) is 0 Å². The Hall–Kier alpha value is -0.0800. The Morgan fingerprint density at radius 1 is 1.13 bits per heavy atom. The summed E-state index contributed by atoms with van der Waals surface area (Å²) in [4.78, 5) is 0. The van der Waals surface area contributed by atoms with Gasteiger partial charge in [-0.15, -0.1) is 0 Å². The molecule has 2 nitrogen and oxygen atoms in total. The fraction of sp³-hybridized carbons (Fsp3) is 1.00. The molecule has 0 aromatic heterocycles. The Labute approximate surface area is 93.6 Å². The van der Waals surface area contributed by atoms with Gasteiger partial charge in [0.1, 0.15) is 0 Å². The zero-order valence-corrected chi connectivity index (χ0v) is 9.79. The second-order valence-corrected chi connectivity index (χ2v) is 5.37. The highest BCUT2D eigenvalue weighted by atomic mass is 16.5. The summed E-state index contributed by atoms with van der Waals surface area (Å²) < 4.78 is 5.50. The van der Waals surface area contributed by atoms with Gasteiger partial charge in [0, 0.05) is 12.6 Å². The fourth-order valence-electron chi connectivity index (χ4n) is 3.07. The van der Waals surface area contributed by atoms with Crippen LogP contribution in [0.2, 0.25) is 0 Å². The second kappa shape index (κ2) is 5.86. The molecule has 0 aromatic carbocycles. The van der Waals surface area contributed by atoms with E-state index in [1.807, 2.05) is 0 Å². The quantitative estimate of drug-likeness (QED) is 0.776. The highest BCUT2D eigenvalue weighted by Crippen LogP contribution is 2.30. The third kappa shape index (κ3) is 3.46. The van der Waals surface area contributed by atoms with E-state index in [0.29, 0.717) is 12.0 Å². The highest BCUT2D eigenvalue weighted by molar-refractivity contribution is 4.77. The van der Waals surface area contributed by atoms with Crippen LogP contribution >= 0.6 is 0 Å². The Kier molecular flexibility index (Phi) is 4.45. The molecule has 15 heavy (non-hydrogen) atoms. The molecule has 2 N–H and O–H groups in total. The van der Waals surface area contributed by atoms with E-state index in [2.05, 4.69) is 0 Å². The molecule has 2 heteroatoms. The van der Waals surface area contributed by atoms with E-state index < -0.39 is 0 Å². The van der Waals surface area contributed by atoms with E-state index in [1.54, 1.807) is 0 Å². The summed E-state index contributed by atoms with van der Waals surface area (Å²) in [6.07, 6.45) is 10.9. The minimum absolute atomic E-state index is 0.394. The molecule has 0 amide bonds. The summed E-state index contributed by atoms with van der Waals surface area (Å²) in [7, 11) is 0. The van der Waals surface area contributed by atoms with Gasteiger partial charge in [0.25, 0.3) is 0 Å². The van der Waals surface area contributed by atoms with Gasteiger partial charge < -0.3 is 10.5 Å². The molecule has 1 saturated heterocycles. The Balaban J connectivity index is 1.64. The van der Waals surface area contributed by atoms with Crippen molar-refractivity contribution in [3.05, 3.63) is 0 Å². The number of nitrogens with two attached hydrogens (primary N) is 1. The summed E-state index contributed by atoms with van der Waals surface area (Å²) >= 11 is 0. The van der Waals surface area contributed by atoms with Crippen molar-refractivity contribution in [2.75, 3.05) is 13.2 Å². The average Bonchev–Trinajstić information content (AvgIpc) is 2.80. The van der Waals surface area contributed by atoms with Crippen LogP contribution in [0.4, 0.5) is 0 Å². The molecule has 1 heterocycles. The second-order valence-electron chi connectivity index (χ2n) is 5.37. The summed E-state index contributed by atoms with van der Waals surface area (Å²) in [6.45, 7) is 1.86. The van der Waals surface area contributed by atoms with E-state index in [9.17, 15) is 0 Å². The number of hydrogen-bond acceptors (Lipinski definition) is 2. The van der Waals surface area contributed by atoms with E-state index in [-0.39, 0.29) is 0 Å². The molecule has 0 spiro atoms. The molecule has 2 fully saturated rings. The standard InChI is InChI=1S/C13H25NO/c14-13(12-6-3-9-15-10-12)8-7-11-4-1-2-5-11/h11-13H,1-10,14H2. The fourth-order valence-corrected chi connectivity index (χ4v) is 3.07. The van der Waals surface area contributed by atoms with Crippen molar-refractivity contribution in [3.8, 4) is 0 Å². The van der Waals surface area contributed by atoms with Crippen molar-refractivity contribution >= 4 is 0 Å². The molecular weight excluding hydrogens is 186 g/mol. The van der Waals surface area contributed by atoms with Gasteiger partial charge in [0.15, 0.2) is 0 Å². The van der Waals surface area contributed by atoms with Gasteiger partial charge in [-0.05, 0) is 37.5 Å². The van der Waals surface area contributed by atoms with Crippen molar-refractivity contribution in [3.63, 3.8) is 0 Å². The lowest BCUT2D eigenvalue weighted by Crippen LogP contribution is -2.36. The van der Waals surface area contributed by atoms with Gasteiger partial charge in [-0.1, -0.05) is 25.7 Å². The lowest BCUT2D eigenvalue weighted by atomic mass is 9.88. The molecule has 0 aromatic rings. The largest absolute Gasteiger partial charge is 0.381 e. The first-order chi connectivity index (χ1) is 7.36. The number of ether oxygens (including phenoxy) is 1. The zero-order chi connectivity index (χ0) is 10.5. The van der Waals surface area contributed by atoms with Gasteiger partial charge in [0.05, 0.1) is 6.61 Å². The minimum Gasteiger partial charge on any atom is -0.381 e. The number of rotatable bonds is 4. The van der Waals surface area contributed by atoms with Crippen LogP contribution in [0.3, 0.4) is 0 Å². The van der Waals surface area contributed by atoms with Crippen molar-refractivity contribution in [2.45, 2.75) is 57.4 Å². The van der Waals surface area contributed by atoms with Crippen LogP contribution in [0.1, 0.15) is 51.4 Å². The van der Waals surface area contributed by atoms with Crippen LogP contribution in [-0.4, -0.2) is 19.3 Å². The van der Waals surface area contributed by atoms with Gasteiger partial charge >= 0.3 is 0 Å². The normalized spacial score (nSPS) is 30.6. The molecule has 1 aliphatic carbocycles. The zero-order valence-electron chi connectivity index (χ0n) is 9.79. The summed E-state index contributed by atoms with van der Waals surface area (Å²) in [5, 5.41) is 0. The lowest BCUT2D eigenvalue weighted by Gasteiger charge is -2.28. The minimum atomic E-state index is 0.394. The van der Waals surface area contributed by atoms with Crippen molar-refractivity contribution in [1.82, 2.24) is 0 Å². The first kappa shape index (κ1) is 11.4. The van der Waals surface area contributed by atoms with Gasteiger partial charge in [-0.25, -0.2) is 0 Å². The predicted molar refractivity (Wildman–Crippen MR) is 62.7 cm³/mol. The molecule has 2 unspecified atom stereocenters. The van der Waals surface area contributed by atoms with E-state index in [0.717, 1.165) is 19.1 Å². The van der Waals surface area contributed by atoms with Crippen LogP contribution < -0.4 is 5.73 Å². The summed E-state index contributed by atoms with van der Waals surface area (Å²) in [6, 6.07) is 0.394.